The molecule has 66 heavy (non-hydrogen) atoms. The van der Waals surface area contributed by atoms with E-state index in [2.05, 4.69) is 192 Å². The van der Waals surface area contributed by atoms with Crippen LogP contribution in [-0.4, -0.2) is 18.7 Å². The van der Waals surface area contributed by atoms with Gasteiger partial charge >= 0.3 is 21.1 Å². The maximum atomic E-state index is 6.66. The van der Waals surface area contributed by atoms with Gasteiger partial charge in [-0.05, 0) is 76.1 Å². The van der Waals surface area contributed by atoms with Crippen molar-refractivity contribution in [3.8, 4) is 45.5 Å². The smallest absolute Gasteiger partial charge is 0.510 e. The van der Waals surface area contributed by atoms with E-state index in [1.54, 1.807) is 0 Å². The summed E-state index contributed by atoms with van der Waals surface area (Å²) >= 11 is 0. The minimum Gasteiger partial charge on any atom is -0.510 e. The second-order valence-corrected chi connectivity index (χ2v) is 17.3. The molecule has 0 amide bonds. The molecule has 4 heterocycles. The minimum absolute atomic E-state index is 0. The van der Waals surface area contributed by atoms with Gasteiger partial charge in [-0.25, -0.2) is 4.98 Å². The number of nitrogens with zero attached hydrogens (tertiary/aromatic N) is 5. The van der Waals surface area contributed by atoms with E-state index in [1.807, 2.05) is 59.3 Å². The Kier molecular flexibility index (Phi) is 10.8. The van der Waals surface area contributed by atoms with E-state index >= 15 is 0 Å². The van der Waals surface area contributed by atoms with Crippen molar-refractivity contribution >= 4 is 54.6 Å². The van der Waals surface area contributed by atoms with Crippen LogP contribution in [-0.2, 0) is 26.5 Å². The molecule has 0 aliphatic heterocycles. The molecule has 0 unspecified atom stereocenters. The van der Waals surface area contributed by atoms with E-state index in [1.165, 1.54) is 27.4 Å². The summed E-state index contributed by atoms with van der Waals surface area (Å²) in [5.41, 5.74) is 12.6. The van der Waals surface area contributed by atoms with E-state index in [0.29, 0.717) is 11.5 Å². The van der Waals surface area contributed by atoms with Crippen LogP contribution >= 0.6 is 0 Å². The van der Waals surface area contributed by atoms with E-state index in [0.717, 1.165) is 66.8 Å². The van der Waals surface area contributed by atoms with Gasteiger partial charge in [-0.3, -0.25) is 4.57 Å². The summed E-state index contributed by atoms with van der Waals surface area (Å²) in [6.45, 7) is 6.71. The summed E-state index contributed by atoms with van der Waals surface area (Å²) in [5, 5.41) is 4.64. The largest absolute Gasteiger partial charge is 4.00 e. The standard InChI is InChI=1S/C58H41N5O.CH3.Pt/c1-58(2,3)40-32-33-59-57(35-40)63-55-34-39(45-20-7-10-23-50(45)62-51-24-11-8-21-46(51)47-22-9-12-25-52(47)62)28-30-48(55)49-31-29-44(37-56(49)63)64-43-19-15-18-42(36-43)61-38-60(41-16-5-4-6-17-41)53-26-13-14-27-54(53)61;;/h4-35H,1-3H3;1H3;/q-2;-1;+4. The van der Waals surface area contributed by atoms with Crippen LogP contribution in [0.1, 0.15) is 26.3 Å². The molecule has 0 N–H and O–H groups in total. The molecule has 7 heteroatoms. The number of rotatable bonds is 7. The van der Waals surface area contributed by atoms with Crippen LogP contribution in [0.15, 0.2) is 194 Å². The third-order valence-electron chi connectivity index (χ3n) is 12.3. The van der Waals surface area contributed by atoms with Crippen molar-refractivity contribution < 1.29 is 30.4 Å². The Bertz CT molecular complexity index is 3710. The summed E-state index contributed by atoms with van der Waals surface area (Å²) in [6.07, 6.45) is 5.48. The summed E-state index contributed by atoms with van der Waals surface area (Å²) in [4.78, 5) is 5.02. The summed E-state index contributed by atoms with van der Waals surface area (Å²) in [6, 6.07) is 73.1. The molecule has 12 aromatic rings. The normalized spacial score (nSPS) is 11.6. The first-order chi connectivity index (χ1) is 31.4. The summed E-state index contributed by atoms with van der Waals surface area (Å²) in [5.74, 6) is 1.98. The molecule has 6 nitrogen and oxygen atoms in total. The molecule has 0 saturated carbocycles. The van der Waals surface area contributed by atoms with Gasteiger partial charge in [0.15, 0.2) is 0 Å². The first-order valence-electron chi connectivity index (χ1n) is 21.6. The SMILES string of the molecule is CC(C)(C)c1ccnc(-n2c3[c-]c(Oc4[c-]c(-n5[c-][n+](-c6ccccc6)c6ccccc65)ccc4)ccc3c3ccc(-c4ccccc4-n4c5ccccc5c5ccccc54)cc32)c1.[CH3-].[Pt+4]. The fraction of sp³-hybridized carbons (Fsp3) is 0.0678. The molecule has 8 aromatic carbocycles. The van der Waals surface area contributed by atoms with E-state index in [-0.39, 0.29) is 33.9 Å². The van der Waals surface area contributed by atoms with Gasteiger partial charge in [0, 0.05) is 39.5 Å². The van der Waals surface area contributed by atoms with Crippen molar-refractivity contribution in [2.45, 2.75) is 26.2 Å². The number of fused-ring (bicyclic) bond motifs is 7. The molecule has 0 atom stereocenters. The van der Waals surface area contributed by atoms with Crippen LogP contribution in [0.5, 0.6) is 11.5 Å². The number of benzene rings is 8. The topological polar surface area (TPSA) is 40.8 Å². The number of aromatic nitrogens is 5. The second kappa shape index (κ2) is 16.8. The predicted octanol–water partition coefficient (Wildman–Crippen LogP) is 14.1. The predicted molar refractivity (Wildman–Crippen MR) is 265 cm³/mol. The zero-order valence-corrected chi connectivity index (χ0v) is 39.2. The Hall–Kier alpha value is -7.53. The molecule has 12 rings (SSSR count). The third-order valence-corrected chi connectivity index (χ3v) is 12.3. The Balaban J connectivity index is 0.00000256. The number of pyridine rings is 1. The van der Waals surface area contributed by atoms with Crippen molar-refractivity contribution in [2.75, 3.05) is 0 Å². The van der Waals surface area contributed by atoms with Gasteiger partial charge in [0.1, 0.15) is 5.82 Å². The van der Waals surface area contributed by atoms with E-state index < -0.39 is 0 Å². The number of hydrogen-bond acceptors (Lipinski definition) is 2. The maximum Gasteiger partial charge on any atom is 4.00 e. The maximum absolute atomic E-state index is 6.66. The summed E-state index contributed by atoms with van der Waals surface area (Å²) < 4.78 is 15.4. The molecule has 0 bridgehead atoms. The number of hydrogen-bond donors (Lipinski definition) is 0. The van der Waals surface area contributed by atoms with Crippen LogP contribution in [0, 0.1) is 25.9 Å². The van der Waals surface area contributed by atoms with Crippen LogP contribution in [0.25, 0.3) is 88.7 Å². The van der Waals surface area contributed by atoms with Crippen LogP contribution < -0.4 is 9.30 Å². The first kappa shape index (κ1) is 42.4. The molecule has 0 saturated heterocycles. The summed E-state index contributed by atoms with van der Waals surface area (Å²) in [7, 11) is 0. The Labute approximate surface area is 398 Å². The van der Waals surface area contributed by atoms with E-state index in [4.69, 9.17) is 9.72 Å². The number of ether oxygens (including phenoxy) is 1. The quantitative estimate of drug-likeness (QED) is 0.118. The molecule has 0 radical (unpaired) electrons. The Morgan fingerprint density at radius 1 is 0.545 bits per heavy atom. The zero-order chi connectivity index (χ0) is 42.9. The van der Waals surface area contributed by atoms with Crippen molar-refractivity contribution in [3.05, 3.63) is 226 Å². The molecule has 320 valence electrons. The van der Waals surface area contributed by atoms with Gasteiger partial charge in [0.25, 0.3) is 6.33 Å². The number of imidazole rings is 1. The fourth-order valence-electron chi connectivity index (χ4n) is 9.24. The van der Waals surface area contributed by atoms with Crippen molar-refractivity contribution in [1.82, 2.24) is 18.7 Å². The van der Waals surface area contributed by atoms with Gasteiger partial charge in [-0.15, -0.1) is 29.7 Å². The van der Waals surface area contributed by atoms with Crippen molar-refractivity contribution in [3.63, 3.8) is 0 Å². The number of para-hydroxylation sites is 6. The molecule has 0 spiro atoms. The Morgan fingerprint density at radius 2 is 1.20 bits per heavy atom. The van der Waals surface area contributed by atoms with E-state index in [9.17, 15) is 0 Å². The van der Waals surface area contributed by atoms with Gasteiger partial charge in [-0.2, -0.15) is 18.2 Å². The van der Waals surface area contributed by atoms with Crippen molar-refractivity contribution in [2.24, 2.45) is 0 Å². The van der Waals surface area contributed by atoms with Crippen LogP contribution in [0.4, 0.5) is 0 Å². The fourth-order valence-corrected chi connectivity index (χ4v) is 9.24. The molecule has 0 fully saturated rings. The minimum atomic E-state index is -0.0788. The van der Waals surface area contributed by atoms with Gasteiger partial charge < -0.3 is 25.9 Å². The first-order valence-corrected chi connectivity index (χ1v) is 21.6. The third kappa shape index (κ3) is 7.10. The zero-order valence-electron chi connectivity index (χ0n) is 36.9. The second-order valence-electron chi connectivity index (χ2n) is 17.3. The molecule has 0 aliphatic rings. The van der Waals surface area contributed by atoms with Gasteiger partial charge in [0.05, 0.1) is 33.4 Å². The van der Waals surface area contributed by atoms with Gasteiger partial charge in [-0.1, -0.05) is 135 Å². The Morgan fingerprint density at radius 3 is 1.97 bits per heavy atom. The van der Waals surface area contributed by atoms with Crippen LogP contribution in [0.2, 0.25) is 0 Å². The van der Waals surface area contributed by atoms with Crippen molar-refractivity contribution in [1.29, 1.82) is 0 Å². The van der Waals surface area contributed by atoms with Gasteiger partial charge in [0.2, 0.25) is 0 Å². The van der Waals surface area contributed by atoms with Crippen LogP contribution in [0.3, 0.4) is 0 Å². The average molecular weight is 1030 g/mol. The molecular formula is C59H44N5OPt+. The average Bonchev–Trinajstić information content (AvgIpc) is 3.99. The molecule has 0 aliphatic carbocycles. The molecular weight excluding hydrogens is 990 g/mol. The molecule has 4 aromatic heterocycles. The monoisotopic (exact) mass is 1030 g/mol.